The Labute approximate surface area is 196 Å². The molecule has 0 aliphatic carbocycles. The van der Waals surface area contributed by atoms with Gasteiger partial charge in [-0.05, 0) is 18.6 Å². The van der Waals surface area contributed by atoms with Crippen LogP contribution in [-0.2, 0) is 26.3 Å². The minimum absolute atomic E-state index is 0.0854. The van der Waals surface area contributed by atoms with E-state index in [0.717, 1.165) is 18.0 Å². The number of carbonyl (C=O) groups excluding carboxylic acids is 1. The van der Waals surface area contributed by atoms with Crippen molar-refractivity contribution in [1.82, 2.24) is 44.2 Å². The van der Waals surface area contributed by atoms with Gasteiger partial charge in [-0.2, -0.15) is 18.3 Å². The van der Waals surface area contributed by atoms with Crippen LogP contribution in [0.5, 0.6) is 0 Å². The van der Waals surface area contributed by atoms with E-state index in [4.69, 9.17) is 0 Å². The van der Waals surface area contributed by atoms with Crippen molar-refractivity contribution in [1.29, 1.82) is 0 Å². The van der Waals surface area contributed by atoms with Crippen LogP contribution in [0, 0.1) is 6.92 Å². The molecule has 5 rings (SSSR count). The van der Waals surface area contributed by atoms with E-state index in [9.17, 15) is 18.0 Å². The molecule has 0 atom stereocenters. The second-order valence-corrected chi connectivity index (χ2v) is 7.95. The van der Waals surface area contributed by atoms with Gasteiger partial charge in [-0.25, -0.2) is 24.9 Å². The van der Waals surface area contributed by atoms with Crippen LogP contribution in [0.3, 0.4) is 0 Å². The van der Waals surface area contributed by atoms with Crippen molar-refractivity contribution in [2.24, 2.45) is 7.05 Å². The average Bonchev–Trinajstić information content (AvgIpc) is 3.43. The van der Waals surface area contributed by atoms with Gasteiger partial charge in [0, 0.05) is 38.6 Å². The summed E-state index contributed by atoms with van der Waals surface area (Å²) >= 11 is 0. The van der Waals surface area contributed by atoms with E-state index in [2.05, 4.69) is 35.3 Å². The summed E-state index contributed by atoms with van der Waals surface area (Å²) in [5.41, 5.74) is 0.853. The monoisotopic (exact) mass is 484 g/mol. The van der Waals surface area contributed by atoms with Crippen LogP contribution < -0.4 is 5.32 Å². The number of amides is 1. The molecule has 4 aromatic heterocycles. The molecule has 5 heterocycles. The van der Waals surface area contributed by atoms with Crippen LogP contribution in [0.2, 0.25) is 0 Å². The zero-order chi connectivity index (χ0) is 24.7. The van der Waals surface area contributed by atoms with Gasteiger partial charge in [0.15, 0.2) is 5.82 Å². The maximum absolute atomic E-state index is 13.1. The summed E-state index contributed by atoms with van der Waals surface area (Å²) in [4.78, 5) is 35.0. The van der Waals surface area contributed by atoms with Gasteiger partial charge in [0.05, 0.1) is 24.1 Å². The lowest BCUT2D eigenvalue weighted by molar-refractivity contribution is -0.141. The van der Waals surface area contributed by atoms with Gasteiger partial charge in [-0.15, -0.1) is 0 Å². The van der Waals surface area contributed by atoms with Crippen LogP contribution in [-0.4, -0.2) is 56.6 Å². The molecule has 180 valence electrons. The van der Waals surface area contributed by atoms with Crippen LogP contribution in [0.15, 0.2) is 37.1 Å². The highest BCUT2D eigenvalue weighted by Gasteiger charge is 2.33. The summed E-state index contributed by atoms with van der Waals surface area (Å²) in [6, 6.07) is 2.63. The second-order valence-electron chi connectivity index (χ2n) is 7.95. The molecule has 1 amide bonds. The second kappa shape index (κ2) is 8.45. The quantitative estimate of drug-likeness (QED) is 0.459. The summed E-state index contributed by atoms with van der Waals surface area (Å²) in [7, 11) is 1.78. The number of carbonyl (C=O) groups is 1. The normalized spacial score (nSPS) is 13.7. The summed E-state index contributed by atoms with van der Waals surface area (Å²) in [5.74, 6) is 0.815. The number of aryl methyl sites for hydroxylation is 2. The topological polar surface area (TPSA) is 120 Å². The maximum Gasteiger partial charge on any atom is 0.433 e. The van der Waals surface area contributed by atoms with E-state index in [-0.39, 0.29) is 18.1 Å². The van der Waals surface area contributed by atoms with Crippen LogP contribution in [0.4, 0.5) is 24.9 Å². The lowest BCUT2D eigenvalue weighted by atomic mass is 10.2. The third-order valence-electron chi connectivity index (χ3n) is 5.51. The van der Waals surface area contributed by atoms with Crippen molar-refractivity contribution < 1.29 is 18.0 Å². The van der Waals surface area contributed by atoms with Gasteiger partial charge in [0.2, 0.25) is 5.95 Å². The first-order valence-corrected chi connectivity index (χ1v) is 10.5. The van der Waals surface area contributed by atoms with E-state index < -0.39 is 17.8 Å². The average molecular weight is 484 g/mol. The van der Waals surface area contributed by atoms with E-state index in [1.54, 1.807) is 41.0 Å². The summed E-state index contributed by atoms with van der Waals surface area (Å²) in [6.45, 7) is 2.47. The first kappa shape index (κ1) is 22.4. The number of nitrogens with zero attached hydrogens (tertiary/aromatic N) is 9. The molecule has 0 unspecified atom stereocenters. The molecule has 0 spiro atoms. The third kappa shape index (κ3) is 4.41. The number of imidazole rings is 1. The number of aromatic nitrogens is 8. The predicted molar refractivity (Wildman–Crippen MR) is 116 cm³/mol. The lowest BCUT2D eigenvalue weighted by Gasteiger charge is -2.27. The van der Waals surface area contributed by atoms with Crippen molar-refractivity contribution in [3.63, 3.8) is 0 Å². The van der Waals surface area contributed by atoms with E-state index in [0.29, 0.717) is 36.2 Å². The molecule has 11 nitrogen and oxygen atoms in total. The Kier molecular flexibility index (Phi) is 5.42. The molecular formula is C21H19F3N10O. The van der Waals surface area contributed by atoms with Crippen molar-refractivity contribution in [2.45, 2.75) is 26.2 Å². The molecule has 0 bridgehead atoms. The number of anilines is 2. The molecule has 4 aromatic rings. The molecule has 0 aromatic carbocycles. The molecule has 35 heavy (non-hydrogen) atoms. The number of alkyl halides is 3. The van der Waals surface area contributed by atoms with Gasteiger partial charge in [-0.1, -0.05) is 0 Å². The Balaban J connectivity index is 1.39. The zero-order valence-corrected chi connectivity index (χ0v) is 18.7. The predicted octanol–water partition coefficient (Wildman–Crippen LogP) is 2.59. The van der Waals surface area contributed by atoms with Crippen molar-refractivity contribution >= 4 is 17.7 Å². The molecule has 14 heteroatoms. The Morgan fingerprint density at radius 3 is 2.71 bits per heavy atom. The van der Waals surface area contributed by atoms with E-state index >= 15 is 0 Å². The fourth-order valence-electron chi connectivity index (χ4n) is 3.70. The fraction of sp³-hybridized carbons (Fsp3) is 0.286. The molecule has 0 fully saturated rings. The Morgan fingerprint density at radius 1 is 1.14 bits per heavy atom. The van der Waals surface area contributed by atoms with Crippen molar-refractivity contribution in [2.75, 3.05) is 11.9 Å². The first-order valence-electron chi connectivity index (χ1n) is 10.5. The van der Waals surface area contributed by atoms with E-state index in [1.165, 1.54) is 4.90 Å². The Hall–Kier alpha value is -4.36. The Morgan fingerprint density at radius 2 is 1.97 bits per heavy atom. The number of nitrogens with one attached hydrogen (secondary N) is 1. The molecule has 0 saturated heterocycles. The zero-order valence-electron chi connectivity index (χ0n) is 18.7. The lowest BCUT2D eigenvalue weighted by Crippen LogP contribution is -2.40. The molecule has 1 aliphatic heterocycles. The SMILES string of the molecule is Cc1cnc(Nc2ccnn2C)nc1-c1cn2c(n1)C(=O)N(Cc1cc(C(F)(F)F)ncn1)CC2. The number of hydrogen-bond acceptors (Lipinski definition) is 8. The van der Waals surface area contributed by atoms with Gasteiger partial charge < -0.3 is 14.8 Å². The summed E-state index contributed by atoms with van der Waals surface area (Å²) in [5, 5.41) is 7.18. The highest BCUT2D eigenvalue weighted by Crippen LogP contribution is 2.28. The summed E-state index contributed by atoms with van der Waals surface area (Å²) in [6.07, 6.45) is 1.29. The number of halogens is 3. The first-order chi connectivity index (χ1) is 16.7. The standard InChI is InChI=1S/C21H19F3N10O/c1-12-8-25-20(30-16-3-4-28-32(16)2)31-17(12)14-10-33-5-6-34(19(35)18(33)29-14)9-13-7-15(21(22,23)24)27-11-26-13/h3-4,7-8,10-11H,5-6,9H2,1-2H3,(H,25,30,31). The molecule has 0 radical (unpaired) electrons. The van der Waals surface area contributed by atoms with Crippen LogP contribution in [0.1, 0.15) is 27.6 Å². The van der Waals surface area contributed by atoms with Crippen LogP contribution in [0.25, 0.3) is 11.4 Å². The minimum atomic E-state index is -4.59. The fourth-order valence-corrected chi connectivity index (χ4v) is 3.70. The van der Waals surface area contributed by atoms with Crippen molar-refractivity contribution in [3.8, 4) is 11.4 Å². The number of hydrogen-bond donors (Lipinski definition) is 1. The number of rotatable bonds is 5. The largest absolute Gasteiger partial charge is 0.433 e. The van der Waals surface area contributed by atoms with Crippen molar-refractivity contribution in [3.05, 3.63) is 59.8 Å². The minimum Gasteiger partial charge on any atom is -0.328 e. The van der Waals surface area contributed by atoms with Gasteiger partial charge in [-0.3, -0.25) is 9.48 Å². The summed E-state index contributed by atoms with van der Waals surface area (Å²) < 4.78 is 42.3. The van der Waals surface area contributed by atoms with Crippen LogP contribution >= 0.6 is 0 Å². The highest BCUT2D eigenvalue weighted by atomic mass is 19.4. The smallest absolute Gasteiger partial charge is 0.328 e. The third-order valence-corrected chi connectivity index (χ3v) is 5.51. The highest BCUT2D eigenvalue weighted by molar-refractivity contribution is 5.92. The Bertz CT molecular complexity index is 1410. The molecule has 1 N–H and O–H groups in total. The van der Waals surface area contributed by atoms with Gasteiger partial charge >= 0.3 is 6.18 Å². The molecule has 0 saturated carbocycles. The van der Waals surface area contributed by atoms with Gasteiger partial charge in [0.1, 0.15) is 23.5 Å². The van der Waals surface area contributed by atoms with Gasteiger partial charge in [0.25, 0.3) is 5.91 Å². The maximum atomic E-state index is 13.1. The molecular weight excluding hydrogens is 465 g/mol. The molecule has 1 aliphatic rings. The number of fused-ring (bicyclic) bond motifs is 1. The van der Waals surface area contributed by atoms with E-state index in [1.807, 2.05) is 6.92 Å².